The molecule has 0 radical (unpaired) electrons. The van der Waals surface area contributed by atoms with E-state index in [2.05, 4.69) is 4.98 Å². The highest BCUT2D eigenvalue weighted by molar-refractivity contribution is 5.79. The van der Waals surface area contributed by atoms with Gasteiger partial charge in [-0.05, 0) is 31.5 Å². The lowest BCUT2D eigenvalue weighted by Crippen LogP contribution is -2.39. The molecule has 1 aromatic heterocycles. The van der Waals surface area contributed by atoms with E-state index in [1.54, 1.807) is 6.20 Å². The van der Waals surface area contributed by atoms with Crippen molar-refractivity contribution in [3.05, 3.63) is 23.9 Å². The van der Waals surface area contributed by atoms with Gasteiger partial charge in [0.1, 0.15) is 5.82 Å². The smallest absolute Gasteiger partial charge is 0.237 e. The molecule has 88 valence electrons. The van der Waals surface area contributed by atoms with Crippen molar-refractivity contribution in [1.82, 2.24) is 4.98 Å². The van der Waals surface area contributed by atoms with Gasteiger partial charge in [0.05, 0.1) is 6.54 Å². The fraction of sp³-hybridized carbons (Fsp3) is 0.455. The zero-order valence-corrected chi connectivity index (χ0v) is 9.68. The average molecular weight is 222 g/mol. The van der Waals surface area contributed by atoms with Crippen LogP contribution in [-0.4, -0.2) is 23.5 Å². The number of primary amides is 1. The quantitative estimate of drug-likeness (QED) is 0.747. The molecule has 16 heavy (non-hydrogen) atoms. The Morgan fingerprint density at radius 2 is 2.25 bits per heavy atom. The normalized spacial score (nSPS) is 10.5. The van der Waals surface area contributed by atoms with Crippen LogP contribution in [0.2, 0.25) is 0 Å². The summed E-state index contributed by atoms with van der Waals surface area (Å²) in [4.78, 5) is 17.0. The Balaban J connectivity index is 2.95. The minimum Gasteiger partial charge on any atom is -0.368 e. The van der Waals surface area contributed by atoms with Gasteiger partial charge in [0, 0.05) is 18.8 Å². The number of carbonyl (C=O) groups excluding carboxylic acids is 1. The van der Waals surface area contributed by atoms with Gasteiger partial charge in [0.15, 0.2) is 0 Å². The molecular weight excluding hydrogens is 204 g/mol. The number of nitrogens with two attached hydrogens (primary N) is 2. The van der Waals surface area contributed by atoms with Gasteiger partial charge in [-0.15, -0.1) is 0 Å². The largest absolute Gasteiger partial charge is 0.368 e. The average Bonchev–Trinajstić information content (AvgIpc) is 2.25. The Morgan fingerprint density at radius 3 is 2.75 bits per heavy atom. The molecule has 1 amide bonds. The molecule has 5 heteroatoms. The van der Waals surface area contributed by atoms with Crippen molar-refractivity contribution in [1.29, 1.82) is 0 Å². The first-order valence-electron chi connectivity index (χ1n) is 5.24. The predicted octanol–water partition coefficient (Wildman–Crippen LogP) is 0.240. The van der Waals surface area contributed by atoms with Crippen molar-refractivity contribution in [2.45, 2.75) is 26.4 Å². The molecule has 0 aromatic carbocycles. The van der Waals surface area contributed by atoms with E-state index in [4.69, 9.17) is 11.5 Å². The van der Waals surface area contributed by atoms with Gasteiger partial charge in [0.25, 0.3) is 0 Å². The lowest BCUT2D eigenvalue weighted by atomic mass is 10.2. The van der Waals surface area contributed by atoms with E-state index in [1.165, 1.54) is 0 Å². The van der Waals surface area contributed by atoms with Gasteiger partial charge in [-0.25, -0.2) is 4.98 Å². The molecule has 0 saturated carbocycles. The summed E-state index contributed by atoms with van der Waals surface area (Å²) in [6, 6.07) is 3.89. The SMILES string of the molecule is CC(C)N(CC(N)=O)c1cc(CN)ccn1. The number of anilines is 1. The second-order valence-corrected chi connectivity index (χ2v) is 3.91. The summed E-state index contributed by atoms with van der Waals surface area (Å²) in [6.45, 7) is 4.59. The summed E-state index contributed by atoms with van der Waals surface area (Å²) in [5.41, 5.74) is 11.8. The molecule has 5 nitrogen and oxygen atoms in total. The highest BCUT2D eigenvalue weighted by Gasteiger charge is 2.14. The fourth-order valence-corrected chi connectivity index (χ4v) is 1.44. The lowest BCUT2D eigenvalue weighted by Gasteiger charge is -2.26. The monoisotopic (exact) mass is 222 g/mol. The van der Waals surface area contributed by atoms with Gasteiger partial charge in [-0.2, -0.15) is 0 Å². The zero-order valence-electron chi connectivity index (χ0n) is 9.68. The van der Waals surface area contributed by atoms with Crippen molar-refractivity contribution < 1.29 is 4.79 Å². The van der Waals surface area contributed by atoms with Gasteiger partial charge in [-0.1, -0.05) is 0 Å². The summed E-state index contributed by atoms with van der Waals surface area (Å²) in [7, 11) is 0. The molecule has 0 bridgehead atoms. The molecule has 0 fully saturated rings. The third kappa shape index (κ3) is 3.20. The first kappa shape index (κ1) is 12.4. The van der Waals surface area contributed by atoms with Crippen LogP contribution in [-0.2, 0) is 11.3 Å². The molecule has 1 heterocycles. The summed E-state index contributed by atoms with van der Waals surface area (Å²) >= 11 is 0. The summed E-state index contributed by atoms with van der Waals surface area (Å²) < 4.78 is 0. The standard InChI is InChI=1S/C11H18N4O/c1-8(2)15(7-10(13)16)11-5-9(6-12)3-4-14-11/h3-5,8H,6-7,12H2,1-2H3,(H2,13,16). The van der Waals surface area contributed by atoms with E-state index in [-0.39, 0.29) is 18.5 Å². The molecule has 0 aliphatic carbocycles. The topological polar surface area (TPSA) is 85.2 Å². The molecule has 1 aromatic rings. The predicted molar refractivity (Wildman–Crippen MR) is 63.8 cm³/mol. The minimum atomic E-state index is -0.367. The zero-order chi connectivity index (χ0) is 12.1. The van der Waals surface area contributed by atoms with Crippen molar-refractivity contribution in [2.24, 2.45) is 11.5 Å². The minimum absolute atomic E-state index is 0.160. The molecule has 1 rings (SSSR count). The molecule has 0 spiro atoms. The highest BCUT2D eigenvalue weighted by atomic mass is 16.1. The molecule has 0 saturated heterocycles. The second-order valence-electron chi connectivity index (χ2n) is 3.91. The van der Waals surface area contributed by atoms with Crippen LogP contribution in [0.15, 0.2) is 18.3 Å². The van der Waals surface area contributed by atoms with Crippen molar-refractivity contribution in [2.75, 3.05) is 11.4 Å². The Kier molecular flexibility index (Phi) is 4.25. The maximum absolute atomic E-state index is 11.0. The van der Waals surface area contributed by atoms with E-state index in [1.807, 2.05) is 30.9 Å². The fourth-order valence-electron chi connectivity index (χ4n) is 1.44. The van der Waals surface area contributed by atoms with Crippen molar-refractivity contribution in [3.8, 4) is 0 Å². The van der Waals surface area contributed by atoms with Crippen LogP contribution in [0.3, 0.4) is 0 Å². The first-order chi connectivity index (χ1) is 7.54. The number of carbonyl (C=O) groups is 1. The van der Waals surface area contributed by atoms with Crippen molar-refractivity contribution >= 4 is 11.7 Å². The summed E-state index contributed by atoms with van der Waals surface area (Å²) in [5.74, 6) is 0.366. The van der Waals surface area contributed by atoms with E-state index in [0.717, 1.165) is 11.4 Å². The number of nitrogens with zero attached hydrogens (tertiary/aromatic N) is 2. The van der Waals surface area contributed by atoms with Gasteiger partial charge in [-0.3, -0.25) is 4.79 Å². The maximum atomic E-state index is 11.0. The van der Waals surface area contributed by atoms with Gasteiger partial charge < -0.3 is 16.4 Å². The van der Waals surface area contributed by atoms with Crippen LogP contribution in [0, 0.1) is 0 Å². The second kappa shape index (κ2) is 5.46. The number of hydrogen-bond donors (Lipinski definition) is 2. The van der Waals surface area contributed by atoms with E-state index in [0.29, 0.717) is 6.54 Å². The van der Waals surface area contributed by atoms with Gasteiger partial charge >= 0.3 is 0 Å². The number of aromatic nitrogens is 1. The Hall–Kier alpha value is -1.62. The van der Waals surface area contributed by atoms with Crippen LogP contribution >= 0.6 is 0 Å². The van der Waals surface area contributed by atoms with Gasteiger partial charge in [0.2, 0.25) is 5.91 Å². The Morgan fingerprint density at radius 1 is 1.56 bits per heavy atom. The maximum Gasteiger partial charge on any atom is 0.237 e. The third-order valence-corrected chi connectivity index (χ3v) is 2.29. The van der Waals surface area contributed by atoms with Crippen LogP contribution < -0.4 is 16.4 Å². The lowest BCUT2D eigenvalue weighted by molar-refractivity contribution is -0.116. The number of pyridine rings is 1. The van der Waals surface area contributed by atoms with Crippen LogP contribution in [0.1, 0.15) is 19.4 Å². The third-order valence-electron chi connectivity index (χ3n) is 2.29. The number of amides is 1. The number of rotatable bonds is 5. The molecule has 4 N–H and O–H groups in total. The van der Waals surface area contributed by atoms with Crippen LogP contribution in [0.4, 0.5) is 5.82 Å². The first-order valence-corrected chi connectivity index (χ1v) is 5.24. The Bertz CT molecular complexity index is 365. The molecule has 0 aliphatic heterocycles. The van der Waals surface area contributed by atoms with Crippen molar-refractivity contribution in [3.63, 3.8) is 0 Å². The van der Waals surface area contributed by atoms with E-state index >= 15 is 0 Å². The summed E-state index contributed by atoms with van der Waals surface area (Å²) in [6.07, 6.45) is 1.69. The van der Waals surface area contributed by atoms with E-state index < -0.39 is 0 Å². The number of hydrogen-bond acceptors (Lipinski definition) is 4. The summed E-state index contributed by atoms with van der Waals surface area (Å²) in [5, 5.41) is 0. The van der Waals surface area contributed by atoms with Crippen LogP contribution in [0.5, 0.6) is 0 Å². The van der Waals surface area contributed by atoms with Crippen LogP contribution in [0.25, 0.3) is 0 Å². The Labute approximate surface area is 95.4 Å². The molecular formula is C11H18N4O. The molecule has 0 aliphatic rings. The molecule has 0 unspecified atom stereocenters. The van der Waals surface area contributed by atoms with E-state index in [9.17, 15) is 4.79 Å². The highest BCUT2D eigenvalue weighted by Crippen LogP contribution is 2.14. The molecule has 0 atom stereocenters.